The predicted octanol–water partition coefficient (Wildman–Crippen LogP) is 1.94. The van der Waals surface area contributed by atoms with Crippen LogP contribution in [-0.2, 0) is 12.2 Å². The maximum atomic E-state index is 5.37. The number of pyridine rings is 1. The molecule has 1 fully saturated rings. The lowest BCUT2D eigenvalue weighted by molar-refractivity contribution is 0.190. The van der Waals surface area contributed by atoms with Gasteiger partial charge in [0.1, 0.15) is 0 Å². The molecule has 1 aliphatic heterocycles. The minimum Gasteiger partial charge on any atom is -0.339 e. The summed E-state index contributed by atoms with van der Waals surface area (Å²) < 4.78 is 5.37. The Hall–Kier alpha value is -1.15. The normalized spacial score (nSPS) is 18.6. The molecule has 0 radical (unpaired) electrons. The van der Waals surface area contributed by atoms with E-state index in [9.17, 15) is 0 Å². The van der Waals surface area contributed by atoms with Gasteiger partial charge in [0.05, 0.1) is 11.7 Å². The topological polar surface area (TPSA) is 67.1 Å². The molecule has 2 aromatic rings. The van der Waals surface area contributed by atoms with Gasteiger partial charge in [0.2, 0.25) is 5.89 Å². The Balaban J connectivity index is 0.00000192. The number of piperazine rings is 1. The highest BCUT2D eigenvalue weighted by Gasteiger charge is 2.24. The van der Waals surface area contributed by atoms with Gasteiger partial charge in [-0.1, -0.05) is 11.2 Å². The number of nitrogens with zero attached hydrogens (tertiary/aromatic N) is 4. The summed E-state index contributed by atoms with van der Waals surface area (Å²) in [5.41, 5.74) is 1.11. The lowest BCUT2D eigenvalue weighted by Gasteiger charge is -2.30. The minimum atomic E-state index is 0. The monoisotopic (exact) mass is 355 g/mol. The third-order valence-corrected chi connectivity index (χ3v) is 4.72. The average Bonchev–Trinajstić information content (AvgIpc) is 3.02. The molecule has 1 N–H and O–H groups in total. The molecule has 23 heavy (non-hydrogen) atoms. The lowest BCUT2D eigenvalue weighted by Crippen LogP contribution is -2.44. The molecule has 0 bridgehead atoms. The number of rotatable bonds is 6. The van der Waals surface area contributed by atoms with Crippen LogP contribution in [0.5, 0.6) is 0 Å². The molecule has 0 saturated carbocycles. The van der Waals surface area contributed by atoms with Crippen molar-refractivity contribution < 1.29 is 4.52 Å². The predicted molar refractivity (Wildman–Crippen MR) is 93.9 cm³/mol. The first-order chi connectivity index (χ1) is 10.8. The molecule has 1 saturated heterocycles. The van der Waals surface area contributed by atoms with Crippen molar-refractivity contribution >= 4 is 24.2 Å². The second-order valence-electron chi connectivity index (χ2n) is 5.37. The largest absolute Gasteiger partial charge is 0.339 e. The fraction of sp³-hybridized carbons (Fsp3) is 0.533. The fourth-order valence-electron chi connectivity index (χ4n) is 2.42. The molecular weight excluding hydrogens is 334 g/mol. The zero-order valence-electron chi connectivity index (χ0n) is 13.1. The molecule has 0 aliphatic carbocycles. The van der Waals surface area contributed by atoms with E-state index in [1.165, 1.54) is 0 Å². The van der Waals surface area contributed by atoms with Crippen LogP contribution >= 0.6 is 24.2 Å². The fourth-order valence-corrected chi connectivity index (χ4v) is 3.26. The van der Waals surface area contributed by atoms with Gasteiger partial charge in [-0.05, 0) is 19.2 Å². The van der Waals surface area contributed by atoms with Crippen LogP contribution in [0.1, 0.15) is 23.5 Å². The molecule has 0 spiro atoms. The van der Waals surface area contributed by atoms with Gasteiger partial charge in [-0.25, -0.2) is 0 Å². The van der Waals surface area contributed by atoms with E-state index in [0.29, 0.717) is 0 Å². The first kappa shape index (κ1) is 18.2. The van der Waals surface area contributed by atoms with Crippen molar-refractivity contribution in [2.75, 3.05) is 32.4 Å². The van der Waals surface area contributed by atoms with E-state index in [2.05, 4.69) is 32.4 Å². The van der Waals surface area contributed by atoms with Crippen molar-refractivity contribution in [3.63, 3.8) is 0 Å². The maximum Gasteiger partial charge on any atom is 0.227 e. The zero-order valence-corrected chi connectivity index (χ0v) is 14.8. The average molecular weight is 356 g/mol. The van der Waals surface area contributed by atoms with Crippen LogP contribution in [0.15, 0.2) is 28.9 Å². The van der Waals surface area contributed by atoms with Crippen LogP contribution in [0.4, 0.5) is 0 Å². The number of thioether (sulfide) groups is 1. The molecule has 126 valence electrons. The number of halogens is 1. The van der Waals surface area contributed by atoms with Gasteiger partial charge in [-0.15, -0.1) is 12.4 Å². The second-order valence-corrected chi connectivity index (χ2v) is 6.48. The Bertz CT molecular complexity index is 582. The highest BCUT2D eigenvalue weighted by atomic mass is 35.5. The van der Waals surface area contributed by atoms with Gasteiger partial charge in [0.15, 0.2) is 5.82 Å². The van der Waals surface area contributed by atoms with E-state index in [-0.39, 0.29) is 18.4 Å². The molecule has 6 nitrogen and oxygen atoms in total. The summed E-state index contributed by atoms with van der Waals surface area (Å²) in [6.45, 7) is 2.90. The van der Waals surface area contributed by atoms with Crippen molar-refractivity contribution in [3.05, 3.63) is 41.8 Å². The van der Waals surface area contributed by atoms with Gasteiger partial charge in [0.25, 0.3) is 0 Å². The molecule has 1 aliphatic rings. The van der Waals surface area contributed by atoms with Crippen molar-refractivity contribution in [1.29, 1.82) is 0 Å². The summed E-state index contributed by atoms with van der Waals surface area (Å²) >= 11 is 1.83. The van der Waals surface area contributed by atoms with Crippen LogP contribution in [0.25, 0.3) is 0 Å². The number of nitrogens with one attached hydrogen (secondary N) is 1. The molecule has 2 aromatic heterocycles. The summed E-state index contributed by atoms with van der Waals surface area (Å²) in [6.07, 6.45) is 2.63. The minimum absolute atomic E-state index is 0. The number of hydrogen-bond donors (Lipinski definition) is 1. The van der Waals surface area contributed by atoms with Crippen molar-refractivity contribution in [2.45, 2.75) is 18.2 Å². The first-order valence-corrected chi connectivity index (χ1v) is 8.69. The Labute approximate surface area is 146 Å². The maximum absolute atomic E-state index is 5.37. The SMILES string of the molecule is CN1CCNCC1c1noc(CCSCc2ccccn2)n1.Cl. The molecule has 3 rings (SSSR count). The molecule has 8 heteroatoms. The Morgan fingerprint density at radius 3 is 3.13 bits per heavy atom. The Morgan fingerprint density at radius 2 is 2.35 bits per heavy atom. The number of likely N-dealkylation sites (N-methyl/N-ethyl adjacent to an activating group) is 1. The zero-order chi connectivity index (χ0) is 15.2. The molecule has 1 atom stereocenters. The smallest absolute Gasteiger partial charge is 0.227 e. The van der Waals surface area contributed by atoms with Crippen LogP contribution < -0.4 is 5.32 Å². The molecular formula is C15H22ClN5OS. The van der Waals surface area contributed by atoms with Crippen LogP contribution in [0, 0.1) is 0 Å². The third-order valence-electron chi connectivity index (χ3n) is 3.73. The number of aryl methyl sites for hydroxylation is 1. The van der Waals surface area contributed by atoms with E-state index in [4.69, 9.17) is 4.52 Å². The molecule has 0 amide bonds. The van der Waals surface area contributed by atoms with Gasteiger partial charge >= 0.3 is 0 Å². The Kier molecular flexibility index (Phi) is 7.29. The van der Waals surface area contributed by atoms with Gasteiger partial charge in [0, 0.05) is 43.8 Å². The number of hydrogen-bond acceptors (Lipinski definition) is 7. The summed E-state index contributed by atoms with van der Waals surface area (Å²) in [6, 6.07) is 6.21. The van der Waals surface area contributed by atoms with E-state index in [1.807, 2.05) is 36.2 Å². The van der Waals surface area contributed by atoms with Crippen LogP contribution in [-0.4, -0.2) is 52.5 Å². The third kappa shape index (κ3) is 5.17. The molecule has 3 heterocycles. The number of aromatic nitrogens is 3. The summed E-state index contributed by atoms with van der Waals surface area (Å²) in [4.78, 5) is 11.1. The second kappa shape index (κ2) is 9.22. The quantitative estimate of drug-likeness (QED) is 0.794. The van der Waals surface area contributed by atoms with E-state index in [0.717, 1.165) is 55.0 Å². The van der Waals surface area contributed by atoms with E-state index < -0.39 is 0 Å². The summed E-state index contributed by atoms with van der Waals surface area (Å²) in [7, 11) is 2.10. The lowest BCUT2D eigenvalue weighted by atomic mass is 10.2. The standard InChI is InChI=1S/C15H21N5OS.ClH/c1-20-8-7-16-10-13(20)15-18-14(21-19-15)5-9-22-11-12-4-2-3-6-17-12;/h2-4,6,13,16H,5,7-11H2,1H3;1H. The van der Waals surface area contributed by atoms with Crippen molar-refractivity contribution in [3.8, 4) is 0 Å². The summed E-state index contributed by atoms with van der Waals surface area (Å²) in [5.74, 6) is 3.38. The van der Waals surface area contributed by atoms with Crippen molar-refractivity contribution in [2.24, 2.45) is 0 Å². The first-order valence-electron chi connectivity index (χ1n) is 7.54. The van der Waals surface area contributed by atoms with E-state index in [1.54, 1.807) is 0 Å². The van der Waals surface area contributed by atoms with Crippen LogP contribution in [0.2, 0.25) is 0 Å². The van der Waals surface area contributed by atoms with Gasteiger partial charge in [-0.2, -0.15) is 16.7 Å². The molecule has 1 unspecified atom stereocenters. The van der Waals surface area contributed by atoms with Crippen LogP contribution in [0.3, 0.4) is 0 Å². The van der Waals surface area contributed by atoms with Crippen molar-refractivity contribution in [1.82, 2.24) is 25.3 Å². The highest BCUT2D eigenvalue weighted by molar-refractivity contribution is 7.98. The van der Waals surface area contributed by atoms with Gasteiger partial charge in [-0.3, -0.25) is 9.88 Å². The highest BCUT2D eigenvalue weighted by Crippen LogP contribution is 2.18. The van der Waals surface area contributed by atoms with E-state index >= 15 is 0 Å². The molecule has 0 aromatic carbocycles. The summed E-state index contributed by atoms with van der Waals surface area (Å²) in [5, 5.41) is 7.51. The van der Waals surface area contributed by atoms with Gasteiger partial charge < -0.3 is 9.84 Å². The Morgan fingerprint density at radius 1 is 1.43 bits per heavy atom.